The molecule has 2 saturated heterocycles. The maximum atomic E-state index is 4.16. The van der Waals surface area contributed by atoms with Crippen LogP contribution in [0.2, 0.25) is 0 Å². The summed E-state index contributed by atoms with van der Waals surface area (Å²) in [5.74, 6) is 1.68. The van der Waals surface area contributed by atoms with Crippen LogP contribution in [0.5, 0.6) is 0 Å². The van der Waals surface area contributed by atoms with E-state index in [4.69, 9.17) is 0 Å². The Morgan fingerprint density at radius 1 is 1.33 bits per heavy atom. The van der Waals surface area contributed by atoms with Gasteiger partial charge < -0.3 is 4.90 Å². The minimum atomic E-state index is 0.542. The largest absolute Gasteiger partial charge is 0.330 e. The predicted molar refractivity (Wildman–Crippen MR) is 65.0 cm³/mol. The average Bonchev–Trinajstić information content (AvgIpc) is 2.19. The molecular formula is C14H26N+. The van der Waals surface area contributed by atoms with E-state index in [-0.39, 0.29) is 0 Å². The van der Waals surface area contributed by atoms with Crippen LogP contribution in [-0.4, -0.2) is 18.6 Å². The lowest BCUT2D eigenvalue weighted by Crippen LogP contribution is -3.22. The number of hydrogen-bond acceptors (Lipinski definition) is 0. The van der Waals surface area contributed by atoms with Gasteiger partial charge in [0.25, 0.3) is 0 Å². The second kappa shape index (κ2) is 3.93. The van der Waals surface area contributed by atoms with Gasteiger partial charge in [-0.15, -0.1) is 0 Å². The van der Waals surface area contributed by atoms with E-state index in [9.17, 15) is 0 Å². The molecule has 2 rings (SSSR count). The SMILES string of the molecule is C=C(C)[C@H]1CC[NH+]2CCC[C@H](C)[C@@]2(C)C1. The maximum Gasteiger partial charge on any atom is 0.0979 e. The van der Waals surface area contributed by atoms with Crippen LogP contribution in [0.4, 0.5) is 0 Å². The van der Waals surface area contributed by atoms with Gasteiger partial charge in [0.1, 0.15) is 0 Å². The zero-order chi connectivity index (χ0) is 11.1. The third kappa shape index (κ3) is 1.87. The Bertz CT molecular complexity index is 258. The van der Waals surface area contributed by atoms with Crippen molar-refractivity contribution in [2.24, 2.45) is 11.8 Å². The van der Waals surface area contributed by atoms with E-state index < -0.39 is 0 Å². The molecule has 0 aromatic heterocycles. The molecule has 0 aromatic carbocycles. The van der Waals surface area contributed by atoms with Gasteiger partial charge in [0.15, 0.2) is 0 Å². The third-order valence-electron chi connectivity index (χ3n) is 5.17. The Morgan fingerprint density at radius 3 is 2.73 bits per heavy atom. The first-order valence-electron chi connectivity index (χ1n) is 6.54. The Labute approximate surface area is 94.5 Å². The van der Waals surface area contributed by atoms with Crippen molar-refractivity contribution in [3.8, 4) is 0 Å². The molecule has 0 aromatic rings. The van der Waals surface area contributed by atoms with Crippen molar-refractivity contribution < 1.29 is 4.90 Å². The lowest BCUT2D eigenvalue weighted by atomic mass is 9.69. The molecular weight excluding hydrogens is 182 g/mol. The van der Waals surface area contributed by atoms with Crippen molar-refractivity contribution >= 4 is 0 Å². The highest BCUT2D eigenvalue weighted by Gasteiger charge is 2.47. The van der Waals surface area contributed by atoms with Crippen LogP contribution in [-0.2, 0) is 0 Å². The molecule has 2 fully saturated rings. The minimum Gasteiger partial charge on any atom is -0.330 e. The molecule has 0 radical (unpaired) electrons. The number of rotatable bonds is 1. The molecule has 4 atom stereocenters. The summed E-state index contributed by atoms with van der Waals surface area (Å²) in [6.07, 6.45) is 5.61. The Morgan fingerprint density at radius 2 is 2.07 bits per heavy atom. The van der Waals surface area contributed by atoms with Gasteiger partial charge in [0.05, 0.1) is 18.6 Å². The van der Waals surface area contributed by atoms with E-state index >= 15 is 0 Å². The predicted octanol–water partition coefficient (Wildman–Crippen LogP) is 2.05. The molecule has 15 heavy (non-hydrogen) atoms. The molecule has 2 aliphatic rings. The molecule has 0 saturated carbocycles. The number of fused-ring (bicyclic) bond motifs is 1. The first kappa shape index (κ1) is 11.2. The number of allylic oxidation sites excluding steroid dienone is 1. The first-order chi connectivity index (χ1) is 7.04. The van der Waals surface area contributed by atoms with Gasteiger partial charge in [-0.05, 0) is 32.6 Å². The molecule has 2 heterocycles. The summed E-state index contributed by atoms with van der Waals surface area (Å²) in [6, 6.07) is 0. The standard InChI is InChI=1S/C14H25N/c1-11(2)13-7-9-15-8-5-6-12(3)14(15,4)10-13/h12-13H,1,5-10H2,2-4H3/p+1/t12-,13-,14+/m0/s1. The van der Waals surface area contributed by atoms with E-state index in [0.29, 0.717) is 5.54 Å². The second-order valence-electron chi connectivity index (χ2n) is 6.10. The molecule has 0 aliphatic carbocycles. The number of hydrogen-bond donors (Lipinski definition) is 1. The van der Waals surface area contributed by atoms with Gasteiger partial charge in [-0.25, -0.2) is 0 Å². The quantitative estimate of drug-likeness (QED) is 0.629. The number of nitrogens with one attached hydrogen (secondary N) is 1. The molecule has 0 spiro atoms. The Hall–Kier alpha value is -0.300. The van der Waals surface area contributed by atoms with E-state index in [1.165, 1.54) is 44.3 Å². The summed E-state index contributed by atoms with van der Waals surface area (Å²) in [5, 5.41) is 0. The van der Waals surface area contributed by atoms with Gasteiger partial charge in [-0.3, -0.25) is 0 Å². The fraction of sp³-hybridized carbons (Fsp3) is 0.857. The van der Waals surface area contributed by atoms with Gasteiger partial charge in [-0.2, -0.15) is 0 Å². The highest BCUT2D eigenvalue weighted by Crippen LogP contribution is 2.34. The van der Waals surface area contributed by atoms with Gasteiger partial charge >= 0.3 is 0 Å². The van der Waals surface area contributed by atoms with Crippen molar-refractivity contribution in [3.63, 3.8) is 0 Å². The summed E-state index contributed by atoms with van der Waals surface area (Å²) < 4.78 is 0. The average molecular weight is 208 g/mol. The molecule has 1 N–H and O–H groups in total. The highest BCUT2D eigenvalue weighted by molar-refractivity contribution is 5.01. The Balaban J connectivity index is 2.15. The van der Waals surface area contributed by atoms with Gasteiger partial charge in [0.2, 0.25) is 0 Å². The van der Waals surface area contributed by atoms with Crippen LogP contribution in [0.25, 0.3) is 0 Å². The Kier molecular flexibility index (Phi) is 2.94. The zero-order valence-corrected chi connectivity index (χ0v) is 10.6. The molecule has 1 unspecified atom stereocenters. The number of quaternary nitrogens is 1. The van der Waals surface area contributed by atoms with Crippen molar-refractivity contribution in [2.45, 2.75) is 52.0 Å². The first-order valence-corrected chi connectivity index (χ1v) is 6.54. The fourth-order valence-corrected chi connectivity index (χ4v) is 3.71. The fourth-order valence-electron chi connectivity index (χ4n) is 3.71. The summed E-state index contributed by atoms with van der Waals surface area (Å²) in [4.78, 5) is 1.87. The minimum absolute atomic E-state index is 0.542. The summed E-state index contributed by atoms with van der Waals surface area (Å²) in [6.45, 7) is 14.1. The van der Waals surface area contributed by atoms with Crippen LogP contribution in [0, 0.1) is 11.8 Å². The topological polar surface area (TPSA) is 4.44 Å². The van der Waals surface area contributed by atoms with E-state index in [1.807, 2.05) is 4.90 Å². The van der Waals surface area contributed by atoms with Gasteiger partial charge in [0, 0.05) is 18.8 Å². The lowest BCUT2D eigenvalue weighted by Gasteiger charge is -2.51. The van der Waals surface area contributed by atoms with Crippen LogP contribution in [0.1, 0.15) is 46.5 Å². The van der Waals surface area contributed by atoms with Crippen LogP contribution in [0.15, 0.2) is 12.2 Å². The van der Waals surface area contributed by atoms with E-state index in [2.05, 4.69) is 27.4 Å². The maximum absolute atomic E-state index is 4.16. The molecule has 86 valence electrons. The third-order valence-corrected chi connectivity index (χ3v) is 5.17. The second-order valence-corrected chi connectivity index (χ2v) is 6.10. The zero-order valence-electron chi connectivity index (χ0n) is 10.6. The molecule has 1 heteroatoms. The van der Waals surface area contributed by atoms with E-state index in [1.54, 1.807) is 0 Å². The van der Waals surface area contributed by atoms with Crippen molar-refractivity contribution in [2.75, 3.05) is 13.1 Å². The van der Waals surface area contributed by atoms with Crippen molar-refractivity contribution in [3.05, 3.63) is 12.2 Å². The lowest BCUT2D eigenvalue weighted by molar-refractivity contribution is -0.967. The monoisotopic (exact) mass is 208 g/mol. The van der Waals surface area contributed by atoms with E-state index in [0.717, 1.165) is 11.8 Å². The molecule has 0 amide bonds. The van der Waals surface area contributed by atoms with Crippen LogP contribution >= 0.6 is 0 Å². The highest BCUT2D eigenvalue weighted by atomic mass is 15.2. The summed E-state index contributed by atoms with van der Waals surface area (Å²) in [7, 11) is 0. The molecule has 0 bridgehead atoms. The van der Waals surface area contributed by atoms with Crippen LogP contribution < -0.4 is 4.90 Å². The van der Waals surface area contributed by atoms with Gasteiger partial charge in [-0.1, -0.05) is 19.1 Å². The summed E-state index contributed by atoms with van der Waals surface area (Å²) >= 11 is 0. The summed E-state index contributed by atoms with van der Waals surface area (Å²) in [5.41, 5.74) is 1.95. The number of piperidine rings is 2. The molecule has 2 aliphatic heterocycles. The smallest absolute Gasteiger partial charge is 0.0979 e. The van der Waals surface area contributed by atoms with Crippen LogP contribution in [0.3, 0.4) is 0 Å². The van der Waals surface area contributed by atoms with Crippen molar-refractivity contribution in [1.29, 1.82) is 0 Å². The van der Waals surface area contributed by atoms with Crippen molar-refractivity contribution in [1.82, 2.24) is 0 Å². The molecule has 1 nitrogen and oxygen atoms in total. The normalized spacial score (nSPS) is 45.9.